The molecule has 1 heterocycles. The zero-order valence-electron chi connectivity index (χ0n) is 10.0. The Morgan fingerprint density at radius 2 is 2.17 bits per heavy atom. The summed E-state index contributed by atoms with van der Waals surface area (Å²) in [5, 5.41) is 0. The van der Waals surface area contributed by atoms with Crippen molar-refractivity contribution in [1.29, 1.82) is 0 Å². The van der Waals surface area contributed by atoms with Crippen molar-refractivity contribution in [2.45, 2.75) is 25.6 Å². The monoisotopic (exact) mass is 269 g/mol. The Kier molecular flexibility index (Phi) is 4.63. The van der Waals surface area contributed by atoms with Gasteiger partial charge in [0.25, 0.3) is 0 Å². The van der Waals surface area contributed by atoms with E-state index >= 15 is 0 Å². The van der Waals surface area contributed by atoms with Crippen molar-refractivity contribution in [1.82, 2.24) is 0 Å². The lowest BCUT2D eigenvalue weighted by atomic mass is 10.1. The summed E-state index contributed by atoms with van der Waals surface area (Å²) < 4.78 is 24.9. The van der Waals surface area contributed by atoms with Crippen molar-refractivity contribution in [2.75, 3.05) is 13.2 Å². The van der Waals surface area contributed by atoms with Crippen molar-refractivity contribution in [3.63, 3.8) is 0 Å². The minimum Gasteiger partial charge on any atom is -0.389 e. The molecule has 0 spiro atoms. The summed E-state index contributed by atoms with van der Waals surface area (Å²) in [6, 6.07) is 5.01. The fourth-order valence-corrected chi connectivity index (χ4v) is 2.09. The zero-order chi connectivity index (χ0) is 13.0. The van der Waals surface area contributed by atoms with Crippen LogP contribution in [-0.2, 0) is 16.1 Å². The van der Waals surface area contributed by atoms with E-state index in [9.17, 15) is 4.39 Å². The van der Waals surface area contributed by atoms with E-state index in [-0.39, 0.29) is 29.1 Å². The van der Waals surface area contributed by atoms with Crippen LogP contribution in [0.1, 0.15) is 24.0 Å². The van der Waals surface area contributed by atoms with E-state index in [4.69, 9.17) is 27.4 Å². The Labute approximate surface area is 111 Å². The third-order valence-corrected chi connectivity index (χ3v) is 3.21. The maximum Gasteiger partial charge on any atom is 0.138 e. The second-order valence-corrected chi connectivity index (χ2v) is 4.71. The molecule has 3 nitrogen and oxygen atoms in total. The SMILES string of the molecule is NC(=S)c1cccc(COC2CCOCC2)c1F. The zero-order valence-corrected chi connectivity index (χ0v) is 10.8. The van der Waals surface area contributed by atoms with E-state index in [0.717, 1.165) is 12.8 Å². The predicted octanol–water partition coefficient (Wildman–Crippen LogP) is 2.16. The molecule has 0 radical (unpaired) electrons. The van der Waals surface area contributed by atoms with E-state index in [1.54, 1.807) is 18.2 Å². The summed E-state index contributed by atoms with van der Waals surface area (Å²) in [6.45, 7) is 1.66. The maximum absolute atomic E-state index is 14.0. The molecular weight excluding hydrogens is 253 g/mol. The quantitative estimate of drug-likeness (QED) is 0.851. The summed E-state index contributed by atoms with van der Waals surface area (Å²) in [7, 11) is 0. The number of halogens is 1. The number of rotatable bonds is 4. The highest BCUT2D eigenvalue weighted by molar-refractivity contribution is 7.80. The molecule has 0 aliphatic carbocycles. The van der Waals surface area contributed by atoms with Crippen molar-refractivity contribution >= 4 is 17.2 Å². The van der Waals surface area contributed by atoms with Crippen LogP contribution in [0.3, 0.4) is 0 Å². The highest BCUT2D eigenvalue weighted by Gasteiger charge is 2.16. The molecule has 18 heavy (non-hydrogen) atoms. The second kappa shape index (κ2) is 6.22. The molecule has 0 atom stereocenters. The van der Waals surface area contributed by atoms with Crippen LogP contribution in [-0.4, -0.2) is 24.3 Å². The van der Waals surface area contributed by atoms with E-state index in [2.05, 4.69) is 0 Å². The van der Waals surface area contributed by atoms with E-state index in [0.29, 0.717) is 18.8 Å². The van der Waals surface area contributed by atoms with Gasteiger partial charge in [0.15, 0.2) is 0 Å². The topological polar surface area (TPSA) is 44.5 Å². The highest BCUT2D eigenvalue weighted by atomic mass is 32.1. The van der Waals surface area contributed by atoms with E-state index < -0.39 is 0 Å². The van der Waals surface area contributed by atoms with Gasteiger partial charge in [-0.05, 0) is 18.9 Å². The summed E-state index contributed by atoms with van der Waals surface area (Å²) in [4.78, 5) is 0.0698. The molecule has 2 rings (SSSR count). The molecule has 5 heteroatoms. The fourth-order valence-electron chi connectivity index (χ4n) is 1.93. The molecule has 0 amide bonds. The van der Waals surface area contributed by atoms with Gasteiger partial charge in [0, 0.05) is 24.3 Å². The van der Waals surface area contributed by atoms with Crippen LogP contribution >= 0.6 is 12.2 Å². The molecule has 2 N–H and O–H groups in total. The predicted molar refractivity (Wildman–Crippen MR) is 70.9 cm³/mol. The third-order valence-electron chi connectivity index (χ3n) is 2.99. The van der Waals surface area contributed by atoms with Crippen LogP contribution in [0.25, 0.3) is 0 Å². The summed E-state index contributed by atoms with van der Waals surface area (Å²) >= 11 is 4.80. The minimum atomic E-state index is -0.378. The van der Waals surface area contributed by atoms with Crippen LogP contribution in [0.4, 0.5) is 4.39 Å². The van der Waals surface area contributed by atoms with Crippen molar-refractivity contribution in [3.05, 3.63) is 35.1 Å². The first-order valence-corrected chi connectivity index (χ1v) is 6.36. The van der Waals surface area contributed by atoms with Crippen molar-refractivity contribution in [2.24, 2.45) is 5.73 Å². The number of thiocarbonyl (C=S) groups is 1. The van der Waals surface area contributed by atoms with Crippen molar-refractivity contribution in [3.8, 4) is 0 Å². The van der Waals surface area contributed by atoms with Crippen LogP contribution in [0, 0.1) is 5.82 Å². The normalized spacial score (nSPS) is 16.7. The summed E-state index contributed by atoms with van der Waals surface area (Å²) in [5.41, 5.74) is 6.22. The highest BCUT2D eigenvalue weighted by Crippen LogP contribution is 2.17. The molecular formula is C13H16FNO2S. The molecule has 1 aliphatic rings. The molecule has 98 valence electrons. The van der Waals surface area contributed by atoms with Gasteiger partial charge in [0.2, 0.25) is 0 Å². The van der Waals surface area contributed by atoms with Gasteiger partial charge in [0.1, 0.15) is 10.8 Å². The molecule has 1 aromatic rings. The molecule has 1 fully saturated rings. The summed E-state index contributed by atoms with van der Waals surface area (Å²) in [6.07, 6.45) is 1.86. The third kappa shape index (κ3) is 3.25. The van der Waals surface area contributed by atoms with E-state index in [1.165, 1.54) is 0 Å². The van der Waals surface area contributed by atoms with Crippen LogP contribution < -0.4 is 5.73 Å². The molecule has 0 unspecified atom stereocenters. The number of ether oxygens (including phenoxy) is 2. The lowest BCUT2D eigenvalue weighted by Crippen LogP contribution is -2.23. The Hall–Kier alpha value is -1.04. The van der Waals surface area contributed by atoms with Gasteiger partial charge in [-0.15, -0.1) is 0 Å². The summed E-state index contributed by atoms with van der Waals surface area (Å²) in [5.74, 6) is -0.378. The fraction of sp³-hybridized carbons (Fsp3) is 0.462. The van der Waals surface area contributed by atoms with Gasteiger partial charge in [-0.1, -0.05) is 24.4 Å². The number of hydrogen-bond acceptors (Lipinski definition) is 3. The largest absolute Gasteiger partial charge is 0.389 e. The number of benzene rings is 1. The molecule has 1 aromatic carbocycles. The van der Waals surface area contributed by atoms with Gasteiger partial charge in [-0.3, -0.25) is 0 Å². The number of nitrogens with two attached hydrogens (primary N) is 1. The Morgan fingerprint density at radius 3 is 2.83 bits per heavy atom. The average molecular weight is 269 g/mol. The molecule has 1 saturated heterocycles. The molecule has 1 aliphatic heterocycles. The first-order valence-electron chi connectivity index (χ1n) is 5.95. The first-order chi connectivity index (χ1) is 8.68. The van der Waals surface area contributed by atoms with Crippen LogP contribution in [0.15, 0.2) is 18.2 Å². The molecule has 0 bridgehead atoms. The standard InChI is InChI=1S/C13H16FNO2S/c14-12-9(2-1-3-11(12)13(15)18)8-17-10-4-6-16-7-5-10/h1-3,10H,4-8H2,(H2,15,18). The Morgan fingerprint density at radius 1 is 1.44 bits per heavy atom. The van der Waals surface area contributed by atoms with Gasteiger partial charge >= 0.3 is 0 Å². The van der Waals surface area contributed by atoms with Gasteiger partial charge in [0.05, 0.1) is 12.7 Å². The van der Waals surface area contributed by atoms with Gasteiger partial charge in [-0.2, -0.15) is 0 Å². The average Bonchev–Trinajstić information content (AvgIpc) is 2.38. The number of hydrogen-bond donors (Lipinski definition) is 1. The van der Waals surface area contributed by atoms with Gasteiger partial charge < -0.3 is 15.2 Å². The lowest BCUT2D eigenvalue weighted by molar-refractivity contribution is -0.0397. The van der Waals surface area contributed by atoms with Crippen molar-refractivity contribution < 1.29 is 13.9 Å². The molecule has 0 saturated carbocycles. The van der Waals surface area contributed by atoms with Gasteiger partial charge in [-0.25, -0.2) is 4.39 Å². The van der Waals surface area contributed by atoms with E-state index in [1.807, 2.05) is 0 Å². The molecule has 0 aromatic heterocycles. The first kappa shape index (κ1) is 13.4. The minimum absolute atomic E-state index is 0.0698. The second-order valence-electron chi connectivity index (χ2n) is 4.27. The lowest BCUT2D eigenvalue weighted by Gasteiger charge is -2.22. The maximum atomic E-state index is 14.0. The van der Waals surface area contributed by atoms with Crippen LogP contribution in [0.5, 0.6) is 0 Å². The Bertz CT molecular complexity index is 433. The Balaban J connectivity index is 2.00. The van der Waals surface area contributed by atoms with Crippen LogP contribution in [0.2, 0.25) is 0 Å². The smallest absolute Gasteiger partial charge is 0.138 e.